The van der Waals surface area contributed by atoms with Crippen molar-refractivity contribution in [1.29, 1.82) is 0 Å². The number of ether oxygens (including phenoxy) is 1. The number of halogens is 2. The number of anilines is 1. The summed E-state index contributed by atoms with van der Waals surface area (Å²) in [7, 11) is -2.67. The van der Waals surface area contributed by atoms with E-state index in [1.165, 1.54) is 35.2 Å². The molecule has 3 aromatic rings. The number of carbonyl (C=O) groups excluding carboxylic acids is 2. The third-order valence-corrected chi connectivity index (χ3v) is 9.00. The maximum Gasteiger partial charge on any atom is 0.264 e. The summed E-state index contributed by atoms with van der Waals surface area (Å²) < 4.78 is 34.2. The molecule has 0 aliphatic heterocycles. The molecule has 0 unspecified atom stereocenters. The fourth-order valence-corrected chi connectivity index (χ4v) is 6.00. The van der Waals surface area contributed by atoms with Crippen LogP contribution in [0.5, 0.6) is 5.75 Å². The van der Waals surface area contributed by atoms with Gasteiger partial charge in [0, 0.05) is 12.1 Å². The molecule has 11 heteroatoms. The van der Waals surface area contributed by atoms with Gasteiger partial charge in [0.2, 0.25) is 11.8 Å². The van der Waals surface area contributed by atoms with Crippen LogP contribution >= 0.6 is 23.2 Å². The van der Waals surface area contributed by atoms with Crippen LogP contribution in [0, 0.1) is 6.92 Å². The predicted molar refractivity (Wildman–Crippen MR) is 168 cm³/mol. The normalized spacial score (nSPS) is 12.4. The van der Waals surface area contributed by atoms with Crippen molar-refractivity contribution in [3.63, 3.8) is 0 Å². The van der Waals surface area contributed by atoms with Crippen LogP contribution in [0.2, 0.25) is 10.0 Å². The minimum Gasteiger partial charge on any atom is -0.497 e. The van der Waals surface area contributed by atoms with E-state index in [-0.39, 0.29) is 33.1 Å². The summed E-state index contributed by atoms with van der Waals surface area (Å²) in [6, 6.07) is 17.0. The van der Waals surface area contributed by atoms with Gasteiger partial charge in [-0.1, -0.05) is 60.0 Å². The molecule has 1 atom stereocenters. The Labute approximate surface area is 258 Å². The molecule has 0 saturated carbocycles. The van der Waals surface area contributed by atoms with E-state index < -0.39 is 34.1 Å². The highest BCUT2D eigenvalue weighted by Gasteiger charge is 2.34. The molecule has 0 aliphatic carbocycles. The molecular formula is C31H37Cl2N3O5S. The van der Waals surface area contributed by atoms with Crippen molar-refractivity contribution >= 4 is 50.7 Å². The predicted octanol–water partition coefficient (Wildman–Crippen LogP) is 6.23. The van der Waals surface area contributed by atoms with Crippen LogP contribution in [-0.2, 0) is 26.2 Å². The molecule has 2 amide bonds. The number of amides is 2. The zero-order chi connectivity index (χ0) is 31.2. The summed E-state index contributed by atoms with van der Waals surface area (Å²) in [6.45, 7) is 8.71. The minimum atomic E-state index is -4.23. The van der Waals surface area contributed by atoms with Gasteiger partial charge >= 0.3 is 0 Å². The summed E-state index contributed by atoms with van der Waals surface area (Å²) >= 11 is 12.4. The molecule has 0 bridgehead atoms. The first kappa shape index (κ1) is 33.2. The lowest BCUT2D eigenvalue weighted by molar-refractivity contribution is -0.141. The maximum atomic E-state index is 14.2. The molecule has 226 valence electrons. The van der Waals surface area contributed by atoms with Crippen molar-refractivity contribution in [2.24, 2.45) is 0 Å². The average molecular weight is 635 g/mol. The first-order valence-electron chi connectivity index (χ1n) is 13.4. The molecule has 0 spiro atoms. The molecule has 8 nitrogen and oxygen atoms in total. The van der Waals surface area contributed by atoms with E-state index in [1.54, 1.807) is 50.4 Å². The van der Waals surface area contributed by atoms with Gasteiger partial charge in [0.15, 0.2) is 0 Å². The van der Waals surface area contributed by atoms with E-state index in [0.29, 0.717) is 12.2 Å². The van der Waals surface area contributed by atoms with Gasteiger partial charge < -0.3 is 15.0 Å². The van der Waals surface area contributed by atoms with Gasteiger partial charge in [-0.15, -0.1) is 0 Å². The number of methoxy groups -OCH3 is 1. The SMILES string of the molecule is CC[C@H](C(=O)NC(C)(C)C)N(Cc1ccc(OC)cc1)C(=O)CN(c1ccc(Cl)c(Cl)c1)S(=O)(=O)c1ccc(C)cc1. The lowest BCUT2D eigenvalue weighted by Crippen LogP contribution is -2.55. The Bertz CT molecular complexity index is 1510. The van der Waals surface area contributed by atoms with Gasteiger partial charge in [-0.2, -0.15) is 0 Å². The Hall–Kier alpha value is -3.27. The van der Waals surface area contributed by atoms with Crippen LogP contribution in [0.15, 0.2) is 71.6 Å². The summed E-state index contributed by atoms with van der Waals surface area (Å²) in [6.07, 6.45) is 0.307. The van der Waals surface area contributed by atoms with Crippen molar-refractivity contribution in [3.05, 3.63) is 87.9 Å². The van der Waals surface area contributed by atoms with Crippen LogP contribution in [0.3, 0.4) is 0 Å². The van der Waals surface area contributed by atoms with Crippen molar-refractivity contribution in [3.8, 4) is 5.75 Å². The van der Waals surface area contributed by atoms with Crippen LogP contribution in [0.1, 0.15) is 45.2 Å². The van der Waals surface area contributed by atoms with Gasteiger partial charge in [-0.25, -0.2) is 8.42 Å². The zero-order valence-electron chi connectivity index (χ0n) is 24.6. The van der Waals surface area contributed by atoms with Gasteiger partial charge in [-0.05, 0) is 82.1 Å². The van der Waals surface area contributed by atoms with Gasteiger partial charge in [0.1, 0.15) is 18.3 Å². The number of hydrogen-bond acceptors (Lipinski definition) is 5. The second-order valence-electron chi connectivity index (χ2n) is 11.0. The number of carbonyl (C=O) groups is 2. The number of sulfonamides is 1. The molecular weight excluding hydrogens is 597 g/mol. The van der Waals surface area contributed by atoms with Crippen molar-refractivity contribution < 1.29 is 22.7 Å². The molecule has 0 fully saturated rings. The largest absolute Gasteiger partial charge is 0.497 e. The Morgan fingerprint density at radius 2 is 1.57 bits per heavy atom. The Kier molecular flexibility index (Phi) is 10.9. The number of hydrogen-bond donors (Lipinski definition) is 1. The molecule has 0 heterocycles. The van der Waals surface area contributed by atoms with E-state index in [1.807, 2.05) is 27.7 Å². The van der Waals surface area contributed by atoms with E-state index in [0.717, 1.165) is 15.4 Å². The number of rotatable bonds is 11. The molecule has 1 N–H and O–H groups in total. The van der Waals surface area contributed by atoms with Gasteiger partial charge in [-0.3, -0.25) is 13.9 Å². The second-order valence-corrected chi connectivity index (χ2v) is 13.6. The molecule has 42 heavy (non-hydrogen) atoms. The number of aryl methyl sites for hydroxylation is 1. The smallest absolute Gasteiger partial charge is 0.264 e. The quantitative estimate of drug-likeness (QED) is 0.270. The lowest BCUT2D eigenvalue weighted by Gasteiger charge is -2.34. The minimum absolute atomic E-state index is 0.00574. The number of nitrogens with zero attached hydrogens (tertiary/aromatic N) is 2. The third-order valence-electron chi connectivity index (χ3n) is 6.48. The topological polar surface area (TPSA) is 96.0 Å². The van der Waals surface area contributed by atoms with Crippen molar-refractivity contribution in [2.75, 3.05) is 18.0 Å². The fraction of sp³-hybridized carbons (Fsp3) is 0.355. The molecule has 0 saturated heterocycles. The Morgan fingerprint density at radius 3 is 2.10 bits per heavy atom. The Morgan fingerprint density at radius 1 is 0.952 bits per heavy atom. The molecule has 0 radical (unpaired) electrons. The third kappa shape index (κ3) is 8.40. The van der Waals surface area contributed by atoms with E-state index >= 15 is 0 Å². The first-order valence-corrected chi connectivity index (χ1v) is 15.6. The Balaban J connectivity index is 2.09. The highest BCUT2D eigenvalue weighted by atomic mass is 35.5. The van der Waals surface area contributed by atoms with E-state index in [2.05, 4.69) is 5.32 Å². The van der Waals surface area contributed by atoms with Gasteiger partial charge in [0.25, 0.3) is 10.0 Å². The fourth-order valence-electron chi connectivity index (χ4n) is 4.31. The van der Waals surface area contributed by atoms with E-state index in [4.69, 9.17) is 27.9 Å². The monoisotopic (exact) mass is 633 g/mol. The van der Waals surface area contributed by atoms with Crippen molar-refractivity contribution in [1.82, 2.24) is 10.2 Å². The van der Waals surface area contributed by atoms with Gasteiger partial charge in [0.05, 0.1) is 27.7 Å². The van der Waals surface area contributed by atoms with Crippen LogP contribution in [-0.4, -0.2) is 50.4 Å². The number of benzene rings is 3. The van der Waals surface area contributed by atoms with E-state index in [9.17, 15) is 18.0 Å². The average Bonchev–Trinajstić information content (AvgIpc) is 2.92. The highest BCUT2D eigenvalue weighted by molar-refractivity contribution is 7.92. The summed E-state index contributed by atoms with van der Waals surface area (Å²) in [5, 5.41) is 3.33. The van der Waals surface area contributed by atoms with Crippen LogP contribution in [0.25, 0.3) is 0 Å². The maximum absolute atomic E-state index is 14.2. The lowest BCUT2D eigenvalue weighted by atomic mass is 10.1. The summed E-state index contributed by atoms with van der Waals surface area (Å²) in [4.78, 5) is 29.0. The molecule has 3 rings (SSSR count). The van der Waals surface area contributed by atoms with Crippen LogP contribution in [0.4, 0.5) is 5.69 Å². The second kappa shape index (κ2) is 13.8. The van der Waals surface area contributed by atoms with Crippen molar-refractivity contribution in [2.45, 2.75) is 64.1 Å². The molecule has 0 aromatic heterocycles. The standard InChI is InChI=1S/C31H37Cl2N3O5S/c1-7-28(30(38)34-31(3,4)5)35(19-22-10-13-24(41-6)14-11-22)29(37)20-36(23-12-17-26(32)27(33)18-23)42(39,40)25-15-8-21(2)9-16-25/h8-18,28H,7,19-20H2,1-6H3,(H,34,38)/t28-/m1/s1. The van der Waals surface area contributed by atoms with Crippen LogP contribution < -0.4 is 14.4 Å². The molecule has 3 aromatic carbocycles. The summed E-state index contributed by atoms with van der Waals surface area (Å²) in [5.41, 5.74) is 1.25. The summed E-state index contributed by atoms with van der Waals surface area (Å²) in [5.74, 6) is -0.262. The number of nitrogens with one attached hydrogen (secondary N) is 1. The molecule has 0 aliphatic rings. The first-order chi connectivity index (χ1) is 19.7. The highest BCUT2D eigenvalue weighted by Crippen LogP contribution is 2.31. The zero-order valence-corrected chi connectivity index (χ0v) is 27.0.